The number of hydrogen-bond donors (Lipinski definition) is 1. The first-order chi connectivity index (χ1) is 9.38. The summed E-state index contributed by atoms with van der Waals surface area (Å²) < 4.78 is 6.11. The first-order valence-corrected chi connectivity index (χ1v) is 7.85. The van der Waals surface area contributed by atoms with Gasteiger partial charge in [-0.15, -0.1) is 0 Å². The zero-order valence-corrected chi connectivity index (χ0v) is 14.0. The Morgan fingerprint density at radius 3 is 2.45 bits per heavy atom. The molecule has 0 aliphatic rings. The molecule has 0 aromatic heterocycles. The molecule has 1 aromatic carbocycles. The van der Waals surface area contributed by atoms with Crippen molar-refractivity contribution in [2.24, 2.45) is 0 Å². The van der Waals surface area contributed by atoms with Gasteiger partial charge >= 0.3 is 0 Å². The Balaban J connectivity index is 2.76. The van der Waals surface area contributed by atoms with Gasteiger partial charge in [0.2, 0.25) is 0 Å². The SMILES string of the molecule is CCCNC(CC)COc1ccc(C)cc1C(C)(C)C. The molecule has 0 aliphatic carbocycles. The van der Waals surface area contributed by atoms with Crippen molar-refractivity contribution in [3.8, 4) is 5.75 Å². The van der Waals surface area contributed by atoms with Gasteiger partial charge in [-0.05, 0) is 43.4 Å². The Morgan fingerprint density at radius 2 is 1.90 bits per heavy atom. The van der Waals surface area contributed by atoms with E-state index in [2.05, 4.69) is 65.1 Å². The lowest BCUT2D eigenvalue weighted by Crippen LogP contribution is -2.34. The van der Waals surface area contributed by atoms with E-state index in [0.717, 1.165) is 31.7 Å². The lowest BCUT2D eigenvalue weighted by atomic mass is 9.85. The molecule has 1 rings (SSSR count). The van der Waals surface area contributed by atoms with Gasteiger partial charge in [0.1, 0.15) is 12.4 Å². The van der Waals surface area contributed by atoms with E-state index in [1.165, 1.54) is 11.1 Å². The van der Waals surface area contributed by atoms with Crippen LogP contribution in [-0.4, -0.2) is 19.2 Å². The summed E-state index contributed by atoms with van der Waals surface area (Å²) in [6.45, 7) is 15.0. The predicted molar refractivity (Wildman–Crippen MR) is 87.7 cm³/mol. The van der Waals surface area contributed by atoms with Crippen LogP contribution in [0.15, 0.2) is 18.2 Å². The van der Waals surface area contributed by atoms with Crippen LogP contribution in [0.25, 0.3) is 0 Å². The number of hydrogen-bond acceptors (Lipinski definition) is 2. The van der Waals surface area contributed by atoms with Gasteiger partial charge < -0.3 is 10.1 Å². The lowest BCUT2D eigenvalue weighted by molar-refractivity contribution is 0.255. The van der Waals surface area contributed by atoms with Crippen molar-refractivity contribution in [2.45, 2.75) is 65.8 Å². The highest BCUT2D eigenvalue weighted by molar-refractivity contribution is 5.41. The Kier molecular flexibility index (Phi) is 6.54. The number of aryl methyl sites for hydroxylation is 1. The zero-order valence-electron chi connectivity index (χ0n) is 14.0. The summed E-state index contributed by atoms with van der Waals surface area (Å²) in [5, 5.41) is 3.53. The summed E-state index contributed by atoms with van der Waals surface area (Å²) >= 11 is 0. The third-order valence-electron chi connectivity index (χ3n) is 3.56. The summed E-state index contributed by atoms with van der Waals surface area (Å²) in [5.41, 5.74) is 2.70. The van der Waals surface area contributed by atoms with E-state index in [0.29, 0.717) is 6.04 Å². The highest BCUT2D eigenvalue weighted by atomic mass is 16.5. The fourth-order valence-corrected chi connectivity index (χ4v) is 2.22. The maximum Gasteiger partial charge on any atom is 0.123 e. The summed E-state index contributed by atoms with van der Waals surface area (Å²) in [4.78, 5) is 0. The van der Waals surface area contributed by atoms with Crippen molar-refractivity contribution in [2.75, 3.05) is 13.2 Å². The van der Waals surface area contributed by atoms with Crippen LogP contribution in [0, 0.1) is 6.92 Å². The normalized spacial score (nSPS) is 13.3. The molecule has 0 bridgehead atoms. The highest BCUT2D eigenvalue weighted by Crippen LogP contribution is 2.32. The van der Waals surface area contributed by atoms with E-state index in [1.54, 1.807) is 0 Å². The number of ether oxygens (including phenoxy) is 1. The molecule has 0 amide bonds. The molecule has 114 valence electrons. The summed E-state index contributed by atoms with van der Waals surface area (Å²) in [7, 11) is 0. The van der Waals surface area contributed by atoms with Crippen LogP contribution < -0.4 is 10.1 Å². The maximum atomic E-state index is 6.11. The molecule has 0 fully saturated rings. The first-order valence-electron chi connectivity index (χ1n) is 7.85. The topological polar surface area (TPSA) is 21.3 Å². The average Bonchev–Trinajstić information content (AvgIpc) is 2.39. The fraction of sp³-hybridized carbons (Fsp3) is 0.667. The second kappa shape index (κ2) is 7.68. The summed E-state index contributed by atoms with van der Waals surface area (Å²) in [5.74, 6) is 1.03. The van der Waals surface area contributed by atoms with Gasteiger partial charge in [0.25, 0.3) is 0 Å². The Labute approximate surface area is 124 Å². The monoisotopic (exact) mass is 277 g/mol. The largest absolute Gasteiger partial charge is 0.492 e. The quantitative estimate of drug-likeness (QED) is 0.795. The van der Waals surface area contributed by atoms with Crippen LogP contribution in [0.4, 0.5) is 0 Å². The van der Waals surface area contributed by atoms with Crippen molar-refractivity contribution in [1.82, 2.24) is 5.32 Å². The van der Waals surface area contributed by atoms with E-state index in [-0.39, 0.29) is 5.41 Å². The third-order valence-corrected chi connectivity index (χ3v) is 3.56. The number of rotatable bonds is 7. The molecule has 1 atom stereocenters. The van der Waals surface area contributed by atoms with Crippen LogP contribution in [-0.2, 0) is 5.41 Å². The molecule has 2 nitrogen and oxygen atoms in total. The molecule has 1 unspecified atom stereocenters. The molecule has 0 saturated carbocycles. The number of benzene rings is 1. The molecule has 0 heterocycles. The second-order valence-corrected chi connectivity index (χ2v) is 6.62. The predicted octanol–water partition coefficient (Wildman–Crippen LogP) is 4.45. The van der Waals surface area contributed by atoms with Crippen LogP contribution >= 0.6 is 0 Å². The molecule has 20 heavy (non-hydrogen) atoms. The minimum Gasteiger partial charge on any atom is -0.492 e. The van der Waals surface area contributed by atoms with Crippen molar-refractivity contribution in [1.29, 1.82) is 0 Å². The van der Waals surface area contributed by atoms with Crippen molar-refractivity contribution in [3.05, 3.63) is 29.3 Å². The molecule has 2 heteroatoms. The van der Waals surface area contributed by atoms with Crippen molar-refractivity contribution < 1.29 is 4.74 Å². The van der Waals surface area contributed by atoms with Crippen molar-refractivity contribution in [3.63, 3.8) is 0 Å². The molecule has 0 saturated heterocycles. The van der Waals surface area contributed by atoms with E-state index < -0.39 is 0 Å². The van der Waals surface area contributed by atoms with E-state index in [1.807, 2.05) is 0 Å². The minimum absolute atomic E-state index is 0.111. The van der Waals surface area contributed by atoms with Gasteiger partial charge in [0.15, 0.2) is 0 Å². The van der Waals surface area contributed by atoms with Crippen LogP contribution in [0.1, 0.15) is 58.6 Å². The summed E-state index contributed by atoms with van der Waals surface area (Å²) in [6, 6.07) is 6.92. The number of nitrogens with one attached hydrogen (secondary N) is 1. The standard InChI is InChI=1S/C18H31NO/c1-7-11-19-15(8-2)13-20-17-10-9-14(3)12-16(17)18(4,5)6/h9-10,12,15,19H,7-8,11,13H2,1-6H3. The van der Waals surface area contributed by atoms with Gasteiger partial charge in [-0.25, -0.2) is 0 Å². The average molecular weight is 277 g/mol. The maximum absolute atomic E-state index is 6.11. The summed E-state index contributed by atoms with van der Waals surface area (Å²) in [6.07, 6.45) is 2.25. The van der Waals surface area contributed by atoms with Gasteiger partial charge in [-0.2, -0.15) is 0 Å². The molecule has 1 aromatic rings. The molecular formula is C18H31NO. The Bertz CT molecular complexity index is 406. The molecule has 0 radical (unpaired) electrons. The fourth-order valence-electron chi connectivity index (χ4n) is 2.22. The Hall–Kier alpha value is -1.02. The van der Waals surface area contributed by atoms with E-state index in [9.17, 15) is 0 Å². The molecule has 1 N–H and O–H groups in total. The van der Waals surface area contributed by atoms with E-state index in [4.69, 9.17) is 4.74 Å². The first kappa shape index (κ1) is 17.0. The van der Waals surface area contributed by atoms with Crippen molar-refractivity contribution >= 4 is 0 Å². The molecular weight excluding hydrogens is 246 g/mol. The second-order valence-electron chi connectivity index (χ2n) is 6.62. The Morgan fingerprint density at radius 1 is 1.20 bits per heavy atom. The van der Waals surface area contributed by atoms with Gasteiger partial charge in [-0.3, -0.25) is 0 Å². The zero-order chi connectivity index (χ0) is 15.2. The van der Waals surface area contributed by atoms with Crippen LogP contribution in [0.2, 0.25) is 0 Å². The van der Waals surface area contributed by atoms with Gasteiger partial charge in [-0.1, -0.05) is 52.3 Å². The lowest BCUT2D eigenvalue weighted by Gasteiger charge is -2.25. The van der Waals surface area contributed by atoms with E-state index >= 15 is 0 Å². The van der Waals surface area contributed by atoms with Gasteiger partial charge in [0, 0.05) is 6.04 Å². The minimum atomic E-state index is 0.111. The van der Waals surface area contributed by atoms with Crippen LogP contribution in [0.3, 0.4) is 0 Å². The molecule has 0 spiro atoms. The smallest absolute Gasteiger partial charge is 0.123 e. The highest BCUT2D eigenvalue weighted by Gasteiger charge is 2.19. The molecule has 0 aliphatic heterocycles. The third kappa shape index (κ3) is 5.16. The van der Waals surface area contributed by atoms with Gasteiger partial charge in [0.05, 0.1) is 0 Å². The van der Waals surface area contributed by atoms with Crippen LogP contribution in [0.5, 0.6) is 5.75 Å².